The summed E-state index contributed by atoms with van der Waals surface area (Å²) in [7, 11) is 1.62. The van der Waals surface area contributed by atoms with Crippen LogP contribution in [0.4, 0.5) is 5.69 Å². The van der Waals surface area contributed by atoms with Gasteiger partial charge < -0.3 is 19.2 Å². The number of benzene rings is 2. The van der Waals surface area contributed by atoms with Gasteiger partial charge in [0.2, 0.25) is 0 Å². The molecule has 0 saturated carbocycles. The van der Waals surface area contributed by atoms with Gasteiger partial charge in [0.15, 0.2) is 5.76 Å². The van der Waals surface area contributed by atoms with Gasteiger partial charge in [-0.25, -0.2) is 0 Å². The van der Waals surface area contributed by atoms with E-state index >= 15 is 0 Å². The number of nitrogens with one attached hydrogen (secondary N) is 1. The van der Waals surface area contributed by atoms with Crippen molar-refractivity contribution in [1.29, 1.82) is 0 Å². The Balaban J connectivity index is 1.28. The molecule has 3 aromatic rings. The van der Waals surface area contributed by atoms with Crippen molar-refractivity contribution in [2.45, 2.75) is 32.4 Å². The van der Waals surface area contributed by atoms with E-state index in [1.807, 2.05) is 36.4 Å². The molecule has 31 heavy (non-hydrogen) atoms. The van der Waals surface area contributed by atoms with Crippen LogP contribution >= 0.6 is 0 Å². The first kappa shape index (κ1) is 21.0. The van der Waals surface area contributed by atoms with Crippen molar-refractivity contribution in [3.05, 3.63) is 77.7 Å². The molecule has 0 atom stereocenters. The maximum atomic E-state index is 12.5. The molecule has 1 aliphatic rings. The summed E-state index contributed by atoms with van der Waals surface area (Å²) >= 11 is 0. The van der Waals surface area contributed by atoms with Crippen molar-refractivity contribution in [1.82, 2.24) is 4.90 Å². The third kappa shape index (κ3) is 5.89. The van der Waals surface area contributed by atoms with Gasteiger partial charge in [-0.05, 0) is 80.0 Å². The molecule has 0 spiro atoms. The quantitative estimate of drug-likeness (QED) is 0.549. The SMILES string of the molecule is COc1ccc(OCc2ccc(C(=O)Nc3ccc(CN4CCCCC4)cc3)o2)cc1. The van der Waals surface area contributed by atoms with Gasteiger partial charge in [-0.3, -0.25) is 9.69 Å². The summed E-state index contributed by atoms with van der Waals surface area (Å²) in [6, 6.07) is 18.7. The molecule has 0 bridgehead atoms. The maximum Gasteiger partial charge on any atom is 0.291 e. The molecule has 2 aromatic carbocycles. The molecule has 1 saturated heterocycles. The Bertz CT molecular complexity index is 974. The molecule has 1 fully saturated rings. The normalized spacial score (nSPS) is 14.2. The molecule has 2 heterocycles. The lowest BCUT2D eigenvalue weighted by Crippen LogP contribution is -2.29. The highest BCUT2D eigenvalue weighted by atomic mass is 16.5. The number of ether oxygens (including phenoxy) is 2. The summed E-state index contributed by atoms with van der Waals surface area (Å²) in [6.07, 6.45) is 3.90. The van der Waals surface area contributed by atoms with E-state index in [-0.39, 0.29) is 18.3 Å². The zero-order valence-electron chi connectivity index (χ0n) is 17.8. The van der Waals surface area contributed by atoms with Gasteiger partial charge >= 0.3 is 0 Å². The first-order valence-corrected chi connectivity index (χ1v) is 10.7. The largest absolute Gasteiger partial charge is 0.497 e. The Hall–Kier alpha value is -3.25. The maximum absolute atomic E-state index is 12.5. The number of rotatable bonds is 8. The van der Waals surface area contributed by atoms with Crippen molar-refractivity contribution in [2.24, 2.45) is 0 Å². The first-order chi connectivity index (χ1) is 15.2. The first-order valence-electron chi connectivity index (χ1n) is 10.7. The number of furan rings is 1. The van der Waals surface area contributed by atoms with Gasteiger partial charge in [0.25, 0.3) is 5.91 Å². The topological polar surface area (TPSA) is 63.9 Å². The number of amides is 1. The van der Waals surface area contributed by atoms with Crippen LogP contribution in [0.15, 0.2) is 65.1 Å². The van der Waals surface area contributed by atoms with E-state index in [0.29, 0.717) is 11.5 Å². The van der Waals surface area contributed by atoms with Gasteiger partial charge in [0.1, 0.15) is 23.9 Å². The number of anilines is 1. The summed E-state index contributed by atoms with van der Waals surface area (Å²) in [5, 5.41) is 2.89. The van der Waals surface area contributed by atoms with Crippen LogP contribution in [-0.2, 0) is 13.2 Å². The fourth-order valence-electron chi connectivity index (χ4n) is 3.67. The molecule has 0 unspecified atom stereocenters. The van der Waals surface area contributed by atoms with E-state index < -0.39 is 0 Å². The molecule has 162 valence electrons. The number of methoxy groups -OCH3 is 1. The van der Waals surface area contributed by atoms with Crippen molar-refractivity contribution < 1.29 is 18.7 Å². The number of nitrogens with zero attached hydrogens (tertiary/aromatic N) is 1. The van der Waals surface area contributed by atoms with E-state index in [2.05, 4.69) is 22.3 Å². The van der Waals surface area contributed by atoms with Gasteiger partial charge in [-0.2, -0.15) is 0 Å². The molecule has 6 heteroatoms. The number of likely N-dealkylation sites (tertiary alicyclic amines) is 1. The molecular formula is C25H28N2O4. The Morgan fingerprint density at radius 2 is 1.65 bits per heavy atom. The van der Waals surface area contributed by atoms with E-state index in [1.54, 1.807) is 19.2 Å². The van der Waals surface area contributed by atoms with Crippen LogP contribution < -0.4 is 14.8 Å². The van der Waals surface area contributed by atoms with Gasteiger partial charge in [-0.15, -0.1) is 0 Å². The number of hydrogen-bond donors (Lipinski definition) is 1. The van der Waals surface area contributed by atoms with E-state index in [9.17, 15) is 4.79 Å². The van der Waals surface area contributed by atoms with Crippen molar-refractivity contribution in [3.63, 3.8) is 0 Å². The zero-order chi connectivity index (χ0) is 21.5. The Morgan fingerprint density at radius 3 is 2.35 bits per heavy atom. The second-order valence-corrected chi connectivity index (χ2v) is 7.72. The predicted octanol–water partition coefficient (Wildman–Crippen LogP) is 5.11. The summed E-state index contributed by atoms with van der Waals surface area (Å²) in [6.45, 7) is 3.54. The van der Waals surface area contributed by atoms with Crippen LogP contribution in [0.1, 0.15) is 41.1 Å². The summed E-state index contributed by atoms with van der Waals surface area (Å²) in [5.41, 5.74) is 2.01. The summed E-state index contributed by atoms with van der Waals surface area (Å²) in [4.78, 5) is 15.0. The lowest BCUT2D eigenvalue weighted by atomic mass is 10.1. The van der Waals surface area contributed by atoms with Crippen LogP contribution in [-0.4, -0.2) is 31.0 Å². The van der Waals surface area contributed by atoms with Crippen molar-refractivity contribution in [3.8, 4) is 11.5 Å². The van der Waals surface area contributed by atoms with Gasteiger partial charge in [-0.1, -0.05) is 18.6 Å². The van der Waals surface area contributed by atoms with Crippen LogP contribution in [0.2, 0.25) is 0 Å². The average molecular weight is 421 g/mol. The van der Waals surface area contributed by atoms with Gasteiger partial charge in [0, 0.05) is 12.2 Å². The minimum Gasteiger partial charge on any atom is -0.497 e. The summed E-state index contributed by atoms with van der Waals surface area (Å²) in [5.74, 6) is 2.03. The van der Waals surface area contributed by atoms with Crippen LogP contribution in [0.25, 0.3) is 0 Å². The fourth-order valence-corrected chi connectivity index (χ4v) is 3.67. The van der Waals surface area contributed by atoms with E-state index in [4.69, 9.17) is 13.9 Å². The highest BCUT2D eigenvalue weighted by Gasteiger charge is 2.13. The lowest BCUT2D eigenvalue weighted by molar-refractivity contribution is 0.0992. The zero-order valence-corrected chi connectivity index (χ0v) is 17.8. The Labute approximate surface area is 182 Å². The number of piperidine rings is 1. The Morgan fingerprint density at radius 1 is 0.935 bits per heavy atom. The van der Waals surface area contributed by atoms with E-state index in [1.165, 1.54) is 37.9 Å². The van der Waals surface area contributed by atoms with Crippen molar-refractivity contribution in [2.75, 3.05) is 25.5 Å². The monoisotopic (exact) mass is 420 g/mol. The second kappa shape index (κ2) is 10.2. The summed E-state index contributed by atoms with van der Waals surface area (Å²) < 4.78 is 16.5. The van der Waals surface area contributed by atoms with Crippen molar-refractivity contribution >= 4 is 11.6 Å². The Kier molecular flexibility index (Phi) is 6.89. The third-order valence-electron chi connectivity index (χ3n) is 5.39. The smallest absolute Gasteiger partial charge is 0.291 e. The molecule has 6 nitrogen and oxygen atoms in total. The van der Waals surface area contributed by atoms with Gasteiger partial charge in [0.05, 0.1) is 7.11 Å². The average Bonchev–Trinajstić information content (AvgIpc) is 3.29. The highest BCUT2D eigenvalue weighted by molar-refractivity contribution is 6.02. The van der Waals surface area contributed by atoms with Crippen LogP contribution in [0, 0.1) is 0 Å². The molecule has 1 N–H and O–H groups in total. The standard InChI is InChI=1S/C25H28N2O4/c1-29-21-9-11-22(12-10-21)30-18-23-13-14-24(31-23)25(28)26-20-7-5-19(6-8-20)17-27-15-3-2-4-16-27/h5-14H,2-4,15-18H2,1H3,(H,26,28). The minimum absolute atomic E-state index is 0.241. The molecule has 1 aliphatic heterocycles. The van der Waals surface area contributed by atoms with Crippen LogP contribution in [0.3, 0.4) is 0 Å². The molecule has 0 radical (unpaired) electrons. The van der Waals surface area contributed by atoms with E-state index in [0.717, 1.165) is 18.0 Å². The fraction of sp³-hybridized carbons (Fsp3) is 0.320. The van der Waals surface area contributed by atoms with Crippen LogP contribution in [0.5, 0.6) is 11.5 Å². The molecular weight excluding hydrogens is 392 g/mol. The molecule has 4 rings (SSSR count). The molecule has 0 aliphatic carbocycles. The molecule has 1 amide bonds. The number of hydrogen-bond acceptors (Lipinski definition) is 5. The predicted molar refractivity (Wildman–Crippen MR) is 120 cm³/mol. The third-order valence-corrected chi connectivity index (χ3v) is 5.39. The lowest BCUT2D eigenvalue weighted by Gasteiger charge is -2.26. The highest BCUT2D eigenvalue weighted by Crippen LogP contribution is 2.20. The number of carbonyl (C=O) groups is 1. The molecule has 1 aromatic heterocycles. The minimum atomic E-state index is -0.278. The second-order valence-electron chi connectivity index (χ2n) is 7.72. The number of carbonyl (C=O) groups excluding carboxylic acids is 1.